The van der Waals surface area contributed by atoms with Crippen molar-refractivity contribution in [3.05, 3.63) is 59.8 Å². The smallest absolute Gasteiger partial charge is 0.250 e. The van der Waals surface area contributed by atoms with Gasteiger partial charge in [0.1, 0.15) is 0 Å². The number of hydrogen-bond acceptors (Lipinski definition) is 4. The topological polar surface area (TPSA) is 97.7 Å². The van der Waals surface area contributed by atoms with Crippen molar-refractivity contribution in [2.24, 2.45) is 11.7 Å². The van der Waals surface area contributed by atoms with E-state index in [1.165, 1.54) is 5.56 Å². The zero-order chi connectivity index (χ0) is 25.8. The number of aromatic amines is 1. The molecule has 5 rings (SSSR count). The minimum Gasteiger partial charge on any atom is -0.381 e. The van der Waals surface area contributed by atoms with E-state index in [-0.39, 0.29) is 0 Å². The van der Waals surface area contributed by atoms with Gasteiger partial charge in [0.2, 0.25) is 0 Å². The van der Waals surface area contributed by atoms with E-state index in [0.29, 0.717) is 29.8 Å². The van der Waals surface area contributed by atoms with Crippen LogP contribution in [0.1, 0.15) is 47.5 Å². The quantitative estimate of drug-likeness (QED) is 0.284. The number of ether oxygens (including phenoxy) is 2. The fourth-order valence-electron chi connectivity index (χ4n) is 5.49. The van der Waals surface area contributed by atoms with Crippen molar-refractivity contribution < 1.29 is 18.5 Å². The minimum absolute atomic E-state index is 0.315. The molecule has 0 saturated carbocycles. The van der Waals surface area contributed by atoms with Crippen LogP contribution in [0.25, 0.3) is 22.0 Å². The lowest BCUT2D eigenvalue weighted by atomic mass is 9.88. The summed E-state index contributed by atoms with van der Waals surface area (Å²) in [6.07, 6.45) is 5.64. The SMILES string of the molecule is NC(=O)c1cc(-c2ccccc2)cc2c(C3CCN(S(=O)(=P)CCCOCC4CCOC4)CC3)c[nH]c12. The molecule has 2 aliphatic rings. The summed E-state index contributed by atoms with van der Waals surface area (Å²) in [6.45, 7) is 4.47. The van der Waals surface area contributed by atoms with Crippen molar-refractivity contribution in [3.8, 4) is 11.1 Å². The average molecular weight is 542 g/mol. The van der Waals surface area contributed by atoms with Gasteiger partial charge in [-0.2, -0.15) is 0 Å². The van der Waals surface area contributed by atoms with Gasteiger partial charge >= 0.3 is 0 Å². The highest BCUT2D eigenvalue weighted by Gasteiger charge is 2.28. The Balaban J connectivity index is 1.23. The number of carbonyl (C=O) groups excluding carboxylic acids is 1. The van der Waals surface area contributed by atoms with E-state index in [1.807, 2.05) is 42.6 Å². The van der Waals surface area contributed by atoms with E-state index in [0.717, 1.165) is 80.6 Å². The highest BCUT2D eigenvalue weighted by Crippen LogP contribution is 2.37. The predicted molar refractivity (Wildman–Crippen MR) is 151 cm³/mol. The summed E-state index contributed by atoms with van der Waals surface area (Å²) >= 11 is 0. The van der Waals surface area contributed by atoms with Gasteiger partial charge in [-0.25, -0.2) is 8.51 Å². The van der Waals surface area contributed by atoms with Crippen LogP contribution in [0.5, 0.6) is 0 Å². The van der Waals surface area contributed by atoms with Crippen molar-refractivity contribution >= 4 is 34.1 Å². The van der Waals surface area contributed by atoms with Crippen LogP contribution in [-0.4, -0.2) is 64.7 Å². The van der Waals surface area contributed by atoms with Gasteiger partial charge in [-0.15, -0.1) is 0 Å². The molecule has 0 aliphatic carbocycles. The Labute approximate surface area is 221 Å². The van der Waals surface area contributed by atoms with Gasteiger partial charge < -0.3 is 20.2 Å². The Morgan fingerprint density at radius 2 is 1.95 bits per heavy atom. The standard InChI is InChI=1S/C28H36N3O4PS/c29-28(32)25-16-23(21-5-2-1-3-6-21)15-24-26(17-30-27(24)25)22-7-10-31(11-8-22)37(33,36)14-4-12-34-18-20-9-13-35-19-20/h1-3,5-6,15-17,20,22,30,36H,4,7-14,18-19H2,(H2,29,32). The summed E-state index contributed by atoms with van der Waals surface area (Å²) in [5, 5.41) is 1.04. The molecular formula is C28H36N3O4PS. The van der Waals surface area contributed by atoms with Gasteiger partial charge in [0.05, 0.1) is 33.6 Å². The van der Waals surface area contributed by atoms with Crippen LogP contribution < -0.4 is 5.73 Å². The van der Waals surface area contributed by atoms with E-state index in [4.69, 9.17) is 15.2 Å². The molecule has 2 aromatic carbocycles. The monoisotopic (exact) mass is 541 g/mol. The van der Waals surface area contributed by atoms with Crippen LogP contribution in [0.4, 0.5) is 0 Å². The second-order valence-electron chi connectivity index (χ2n) is 10.1. The number of rotatable bonds is 10. The molecule has 0 bridgehead atoms. The summed E-state index contributed by atoms with van der Waals surface area (Å²) < 4.78 is 26.7. The summed E-state index contributed by atoms with van der Waals surface area (Å²) in [4.78, 5) is 15.6. The van der Waals surface area contributed by atoms with Crippen molar-refractivity contribution in [3.63, 3.8) is 0 Å². The normalized spacial score (nSPS) is 20.8. The van der Waals surface area contributed by atoms with E-state index >= 15 is 0 Å². The molecule has 3 N–H and O–H groups in total. The third kappa shape index (κ3) is 6.10. The summed E-state index contributed by atoms with van der Waals surface area (Å²) in [7, 11) is 1.35. The first-order valence-electron chi connectivity index (χ1n) is 13.1. The third-order valence-electron chi connectivity index (χ3n) is 7.59. The molecule has 1 amide bonds. The molecule has 1 aromatic heterocycles. The number of benzene rings is 2. The molecule has 2 saturated heterocycles. The predicted octanol–water partition coefficient (Wildman–Crippen LogP) is 4.81. The van der Waals surface area contributed by atoms with Gasteiger partial charge in [0, 0.05) is 49.6 Å². The van der Waals surface area contributed by atoms with E-state index < -0.39 is 15.2 Å². The number of H-pyrrole nitrogens is 1. The van der Waals surface area contributed by atoms with Crippen LogP contribution in [0.15, 0.2) is 48.7 Å². The highest BCUT2D eigenvalue weighted by atomic mass is 32.5. The van der Waals surface area contributed by atoms with Crippen LogP contribution >= 0.6 is 8.02 Å². The lowest BCUT2D eigenvalue weighted by molar-refractivity contribution is 0.0905. The first-order chi connectivity index (χ1) is 17.9. The van der Waals surface area contributed by atoms with Gasteiger partial charge in [-0.05, 0) is 68.4 Å². The van der Waals surface area contributed by atoms with Crippen molar-refractivity contribution in [2.75, 3.05) is 45.3 Å². The van der Waals surface area contributed by atoms with Gasteiger partial charge in [-0.1, -0.05) is 30.3 Å². The Bertz CT molecular complexity index is 1330. The minimum atomic E-state index is -2.26. The zero-order valence-electron chi connectivity index (χ0n) is 21.1. The zero-order valence-corrected chi connectivity index (χ0v) is 22.9. The first-order valence-corrected chi connectivity index (χ1v) is 16.0. The summed E-state index contributed by atoms with van der Waals surface area (Å²) in [5.41, 5.74) is 10.3. The molecule has 9 heteroatoms. The van der Waals surface area contributed by atoms with Gasteiger partial charge in [-0.3, -0.25) is 4.79 Å². The second-order valence-corrected chi connectivity index (χ2v) is 14.2. The second kappa shape index (κ2) is 11.7. The largest absolute Gasteiger partial charge is 0.381 e. The average Bonchev–Trinajstić information content (AvgIpc) is 3.58. The Morgan fingerprint density at radius 3 is 2.65 bits per heavy atom. The first kappa shape index (κ1) is 26.4. The van der Waals surface area contributed by atoms with Gasteiger partial charge in [0.15, 0.2) is 0 Å². The Kier molecular flexibility index (Phi) is 8.32. The molecular weight excluding hydrogens is 505 g/mol. The molecule has 2 fully saturated rings. The van der Waals surface area contributed by atoms with Crippen LogP contribution in [0.3, 0.4) is 0 Å². The summed E-state index contributed by atoms with van der Waals surface area (Å²) in [5.74, 6) is 0.950. The maximum Gasteiger partial charge on any atom is 0.250 e. The number of nitrogens with two attached hydrogens (primary N) is 1. The fourth-order valence-corrected chi connectivity index (χ4v) is 8.04. The van der Waals surface area contributed by atoms with Crippen LogP contribution in [-0.2, 0) is 18.8 Å². The highest BCUT2D eigenvalue weighted by molar-refractivity contribution is 8.19. The number of nitrogens with one attached hydrogen (secondary N) is 1. The van der Waals surface area contributed by atoms with E-state index in [1.54, 1.807) is 0 Å². The van der Waals surface area contributed by atoms with Crippen molar-refractivity contribution in [2.45, 2.75) is 31.6 Å². The molecule has 3 aromatic rings. The van der Waals surface area contributed by atoms with Crippen LogP contribution in [0, 0.1) is 5.92 Å². The Morgan fingerprint density at radius 1 is 1.16 bits per heavy atom. The fraction of sp³-hybridized carbons (Fsp3) is 0.464. The molecule has 2 aliphatic heterocycles. The lowest BCUT2D eigenvalue weighted by Crippen LogP contribution is -2.38. The molecule has 2 atom stereocenters. The van der Waals surface area contributed by atoms with Crippen LogP contribution in [0.2, 0.25) is 0 Å². The summed E-state index contributed by atoms with van der Waals surface area (Å²) in [6, 6.07) is 14.1. The molecule has 198 valence electrons. The number of aromatic nitrogens is 1. The van der Waals surface area contributed by atoms with E-state index in [2.05, 4.69) is 23.4 Å². The molecule has 2 unspecified atom stereocenters. The number of hydrogen-bond donors (Lipinski definition) is 2. The Hall–Kier alpha value is -2.22. The van der Waals surface area contributed by atoms with E-state index in [9.17, 15) is 9.00 Å². The van der Waals surface area contributed by atoms with Gasteiger partial charge in [0.25, 0.3) is 5.91 Å². The number of amides is 1. The number of nitrogens with zero attached hydrogens (tertiary/aromatic N) is 1. The molecule has 0 radical (unpaired) electrons. The number of piperidine rings is 1. The number of fused-ring (bicyclic) bond motifs is 1. The maximum atomic E-state index is 13.4. The number of primary amides is 1. The number of carbonyl (C=O) groups is 1. The molecule has 3 heterocycles. The molecule has 37 heavy (non-hydrogen) atoms. The molecule has 7 nitrogen and oxygen atoms in total. The van der Waals surface area contributed by atoms with Crippen molar-refractivity contribution in [1.82, 2.24) is 9.29 Å². The third-order valence-corrected chi connectivity index (χ3v) is 11.0. The molecule has 0 spiro atoms. The maximum absolute atomic E-state index is 13.4. The lowest BCUT2D eigenvalue weighted by Gasteiger charge is -2.33. The van der Waals surface area contributed by atoms with Crippen molar-refractivity contribution in [1.29, 1.82) is 0 Å².